The number of nitrogens with one attached hydrogen (secondary N) is 1. The van der Waals surface area contributed by atoms with E-state index in [2.05, 4.69) is 5.32 Å². The normalized spacial score (nSPS) is 10.0. The third kappa shape index (κ3) is 4.65. The van der Waals surface area contributed by atoms with Crippen molar-refractivity contribution in [2.45, 2.75) is 12.8 Å². The number of amides is 1. The fraction of sp³-hybridized carbons (Fsp3) is 0.188. The summed E-state index contributed by atoms with van der Waals surface area (Å²) in [6.45, 7) is 0.527. The van der Waals surface area contributed by atoms with Crippen LogP contribution >= 0.6 is 0 Å². The summed E-state index contributed by atoms with van der Waals surface area (Å²) in [5.41, 5.74) is 7.02. The first-order valence-electron chi connectivity index (χ1n) is 6.57. The molecule has 2 aromatic carbocycles. The fourth-order valence-electron chi connectivity index (χ4n) is 1.73. The van der Waals surface area contributed by atoms with Gasteiger partial charge in [-0.05, 0) is 42.8 Å². The van der Waals surface area contributed by atoms with E-state index in [1.165, 1.54) is 0 Å². The molecule has 0 radical (unpaired) electrons. The van der Waals surface area contributed by atoms with Gasteiger partial charge in [0.15, 0.2) is 0 Å². The van der Waals surface area contributed by atoms with Gasteiger partial charge in [0.1, 0.15) is 5.75 Å². The molecule has 0 fully saturated rings. The van der Waals surface area contributed by atoms with Gasteiger partial charge in [0.2, 0.25) is 5.91 Å². The number of rotatable bonds is 6. The number of carbonyl (C=O) groups is 1. The molecule has 20 heavy (non-hydrogen) atoms. The number of nitrogen functional groups attached to an aromatic ring is 1. The smallest absolute Gasteiger partial charge is 0.224 e. The standard InChI is InChI=1S/C16H18N2O2/c17-13-8-10-14(11-9-13)18-16(19)7-4-12-20-15-5-2-1-3-6-15/h1-3,5-6,8-11H,4,7,12,17H2,(H,18,19). The van der Waals surface area contributed by atoms with E-state index >= 15 is 0 Å². The van der Waals surface area contributed by atoms with Gasteiger partial charge < -0.3 is 15.8 Å². The fourth-order valence-corrected chi connectivity index (χ4v) is 1.73. The average molecular weight is 270 g/mol. The third-order valence-electron chi connectivity index (χ3n) is 2.75. The Morgan fingerprint density at radius 2 is 1.75 bits per heavy atom. The van der Waals surface area contributed by atoms with E-state index < -0.39 is 0 Å². The van der Waals surface area contributed by atoms with Gasteiger partial charge in [-0.3, -0.25) is 4.79 Å². The summed E-state index contributed by atoms with van der Waals surface area (Å²) in [5, 5.41) is 2.82. The highest BCUT2D eigenvalue weighted by Crippen LogP contribution is 2.12. The van der Waals surface area contributed by atoms with Crippen molar-refractivity contribution in [2.24, 2.45) is 0 Å². The lowest BCUT2D eigenvalue weighted by Crippen LogP contribution is -2.12. The molecule has 0 saturated carbocycles. The van der Waals surface area contributed by atoms with E-state index in [1.807, 2.05) is 30.3 Å². The Hall–Kier alpha value is -2.49. The molecule has 2 rings (SSSR count). The minimum atomic E-state index is -0.0218. The molecule has 0 atom stereocenters. The van der Waals surface area contributed by atoms with Gasteiger partial charge in [0.25, 0.3) is 0 Å². The van der Waals surface area contributed by atoms with Gasteiger partial charge in [-0.2, -0.15) is 0 Å². The zero-order valence-corrected chi connectivity index (χ0v) is 11.2. The summed E-state index contributed by atoms with van der Waals surface area (Å²) in [6, 6.07) is 16.7. The molecule has 3 N–H and O–H groups in total. The van der Waals surface area contributed by atoms with Crippen LogP contribution in [0.1, 0.15) is 12.8 Å². The highest BCUT2D eigenvalue weighted by atomic mass is 16.5. The Balaban J connectivity index is 1.66. The quantitative estimate of drug-likeness (QED) is 0.626. The maximum absolute atomic E-state index is 11.7. The van der Waals surface area contributed by atoms with Crippen molar-refractivity contribution in [3.63, 3.8) is 0 Å². The van der Waals surface area contributed by atoms with Gasteiger partial charge in [-0.1, -0.05) is 18.2 Å². The minimum Gasteiger partial charge on any atom is -0.494 e. The van der Waals surface area contributed by atoms with Gasteiger partial charge >= 0.3 is 0 Å². The second-order valence-electron chi connectivity index (χ2n) is 4.44. The minimum absolute atomic E-state index is 0.0218. The van der Waals surface area contributed by atoms with Crippen LogP contribution in [0.4, 0.5) is 11.4 Å². The van der Waals surface area contributed by atoms with Crippen molar-refractivity contribution in [3.8, 4) is 5.75 Å². The van der Waals surface area contributed by atoms with Crippen molar-refractivity contribution in [2.75, 3.05) is 17.7 Å². The highest BCUT2D eigenvalue weighted by Gasteiger charge is 2.02. The first-order valence-corrected chi connectivity index (χ1v) is 6.57. The lowest BCUT2D eigenvalue weighted by molar-refractivity contribution is -0.116. The van der Waals surface area contributed by atoms with E-state index in [0.29, 0.717) is 25.1 Å². The maximum Gasteiger partial charge on any atom is 0.224 e. The molecule has 0 bridgehead atoms. The average Bonchev–Trinajstić information content (AvgIpc) is 2.47. The van der Waals surface area contributed by atoms with Crippen molar-refractivity contribution < 1.29 is 9.53 Å². The van der Waals surface area contributed by atoms with Gasteiger partial charge in [0, 0.05) is 17.8 Å². The summed E-state index contributed by atoms with van der Waals surface area (Å²) in [4.78, 5) is 11.7. The van der Waals surface area contributed by atoms with E-state index in [1.54, 1.807) is 24.3 Å². The van der Waals surface area contributed by atoms with Crippen LogP contribution < -0.4 is 15.8 Å². The van der Waals surface area contributed by atoms with E-state index in [0.717, 1.165) is 11.4 Å². The number of hydrogen-bond donors (Lipinski definition) is 2. The molecular weight excluding hydrogens is 252 g/mol. The van der Waals surface area contributed by atoms with Gasteiger partial charge in [0.05, 0.1) is 6.61 Å². The first-order chi connectivity index (χ1) is 9.74. The Bertz CT molecular complexity index is 538. The van der Waals surface area contributed by atoms with Crippen LogP contribution in [0, 0.1) is 0 Å². The number of anilines is 2. The van der Waals surface area contributed by atoms with Crippen LogP contribution in [0.2, 0.25) is 0 Å². The molecule has 0 aromatic heterocycles. The zero-order chi connectivity index (χ0) is 14.2. The molecular formula is C16H18N2O2. The molecule has 0 unspecified atom stereocenters. The number of benzene rings is 2. The molecule has 0 aliphatic carbocycles. The second-order valence-corrected chi connectivity index (χ2v) is 4.44. The van der Waals surface area contributed by atoms with Crippen molar-refractivity contribution >= 4 is 17.3 Å². The van der Waals surface area contributed by atoms with Crippen molar-refractivity contribution in [1.82, 2.24) is 0 Å². The summed E-state index contributed by atoms with van der Waals surface area (Å²) >= 11 is 0. The number of nitrogens with two attached hydrogens (primary N) is 1. The van der Waals surface area contributed by atoms with E-state index in [-0.39, 0.29) is 5.91 Å². The number of hydrogen-bond acceptors (Lipinski definition) is 3. The van der Waals surface area contributed by atoms with Crippen LogP contribution in [0.5, 0.6) is 5.75 Å². The Labute approximate surface area is 118 Å². The van der Waals surface area contributed by atoms with Crippen LogP contribution in [0.3, 0.4) is 0 Å². The predicted octanol–water partition coefficient (Wildman–Crippen LogP) is 3.07. The Morgan fingerprint density at radius 3 is 2.45 bits per heavy atom. The molecule has 104 valence electrons. The number of para-hydroxylation sites is 1. The summed E-state index contributed by atoms with van der Waals surface area (Å²) in [5.74, 6) is 0.804. The van der Waals surface area contributed by atoms with Crippen molar-refractivity contribution in [1.29, 1.82) is 0 Å². The molecule has 0 aliphatic rings. The lowest BCUT2D eigenvalue weighted by atomic mass is 10.2. The first kappa shape index (κ1) is 13.9. The molecule has 0 saturated heterocycles. The van der Waals surface area contributed by atoms with E-state index in [4.69, 9.17) is 10.5 Å². The van der Waals surface area contributed by atoms with Crippen molar-refractivity contribution in [3.05, 3.63) is 54.6 Å². The number of carbonyl (C=O) groups excluding carboxylic acids is 1. The molecule has 2 aromatic rings. The largest absolute Gasteiger partial charge is 0.494 e. The highest BCUT2D eigenvalue weighted by molar-refractivity contribution is 5.90. The third-order valence-corrected chi connectivity index (χ3v) is 2.75. The summed E-state index contributed by atoms with van der Waals surface area (Å²) in [7, 11) is 0. The maximum atomic E-state index is 11.7. The number of ether oxygens (including phenoxy) is 1. The topological polar surface area (TPSA) is 64.3 Å². The Morgan fingerprint density at radius 1 is 1.05 bits per heavy atom. The van der Waals surface area contributed by atoms with Gasteiger partial charge in [-0.15, -0.1) is 0 Å². The molecule has 0 aliphatic heterocycles. The van der Waals surface area contributed by atoms with Gasteiger partial charge in [-0.25, -0.2) is 0 Å². The molecule has 4 heteroatoms. The monoisotopic (exact) mass is 270 g/mol. The summed E-state index contributed by atoms with van der Waals surface area (Å²) in [6.07, 6.45) is 1.10. The predicted molar refractivity (Wildman–Crippen MR) is 80.7 cm³/mol. The molecule has 0 heterocycles. The Kier molecular flexibility index (Phi) is 5.00. The molecule has 4 nitrogen and oxygen atoms in total. The van der Waals surface area contributed by atoms with Crippen LogP contribution in [-0.4, -0.2) is 12.5 Å². The zero-order valence-electron chi connectivity index (χ0n) is 11.2. The molecule has 1 amide bonds. The second kappa shape index (κ2) is 7.19. The van der Waals surface area contributed by atoms with Crippen LogP contribution in [-0.2, 0) is 4.79 Å². The lowest BCUT2D eigenvalue weighted by Gasteiger charge is -2.07. The van der Waals surface area contributed by atoms with E-state index in [9.17, 15) is 4.79 Å². The SMILES string of the molecule is Nc1ccc(NC(=O)CCCOc2ccccc2)cc1. The summed E-state index contributed by atoms with van der Waals surface area (Å²) < 4.78 is 5.53. The van der Waals surface area contributed by atoms with Crippen LogP contribution in [0.25, 0.3) is 0 Å². The van der Waals surface area contributed by atoms with Crippen LogP contribution in [0.15, 0.2) is 54.6 Å². The molecule has 0 spiro atoms.